The van der Waals surface area contributed by atoms with E-state index in [1.807, 2.05) is 0 Å². The van der Waals surface area contributed by atoms with Crippen LogP contribution in [0.15, 0.2) is 109 Å². The van der Waals surface area contributed by atoms with Crippen LogP contribution in [0.3, 0.4) is 0 Å². The van der Waals surface area contributed by atoms with Gasteiger partial charge >= 0.3 is 0 Å². The van der Waals surface area contributed by atoms with Crippen LogP contribution in [0.2, 0.25) is 0 Å². The highest BCUT2D eigenvalue weighted by atomic mass is 32.2. The molecule has 0 fully saturated rings. The van der Waals surface area contributed by atoms with Gasteiger partial charge in [0.05, 0.1) is 26.9 Å². The van der Waals surface area contributed by atoms with Gasteiger partial charge in [0, 0.05) is 6.81 Å². The summed E-state index contributed by atoms with van der Waals surface area (Å²) in [5.41, 5.74) is 1.37. The van der Waals surface area contributed by atoms with E-state index in [1.165, 1.54) is 42.5 Å². The number of hydrogen-bond acceptors (Lipinski definition) is 10. The minimum atomic E-state index is -4.53. The summed E-state index contributed by atoms with van der Waals surface area (Å²) in [4.78, 5) is -0.642. The molecule has 0 aliphatic carbocycles. The second kappa shape index (κ2) is 9.31. The third-order valence-electron chi connectivity index (χ3n) is 4.76. The number of phenolic OH excluding ortho intramolecular Hbond substituents is 1. The molecule has 11 nitrogen and oxygen atoms in total. The molecule has 0 atom stereocenters. The van der Waals surface area contributed by atoms with Crippen molar-refractivity contribution in [3.63, 3.8) is 0 Å². The summed E-state index contributed by atoms with van der Waals surface area (Å²) in [6.45, 7) is 0. The number of hydrogen-bond donors (Lipinski definition) is 2. The molecule has 35 heavy (non-hydrogen) atoms. The van der Waals surface area contributed by atoms with Crippen LogP contribution in [0, 0.1) is 0 Å². The molecular weight excluding hydrogens is 496 g/mol. The van der Waals surface area contributed by atoms with Gasteiger partial charge in [0.2, 0.25) is 0 Å². The van der Waals surface area contributed by atoms with Crippen LogP contribution < -0.4 is 0 Å². The number of benzene rings is 4. The van der Waals surface area contributed by atoms with Crippen molar-refractivity contribution in [3.05, 3.63) is 78.9 Å². The minimum Gasteiger partial charge on any atom is -0.744 e. The number of azo groups is 2. The minimum absolute atomic E-state index is 0. The second-order valence-electron chi connectivity index (χ2n) is 7.16. The number of aromatic hydroxyl groups is 1. The fourth-order valence-electron chi connectivity index (χ4n) is 3.03. The van der Waals surface area contributed by atoms with Crippen LogP contribution in [0.25, 0.3) is 10.8 Å². The van der Waals surface area contributed by atoms with Gasteiger partial charge in [-0.2, -0.15) is 23.8 Å². The highest BCUT2D eigenvalue weighted by molar-refractivity contribution is 7.86. The van der Waals surface area contributed by atoms with Crippen LogP contribution in [-0.4, -0.2) is 31.0 Å². The number of fused-ring (bicyclic) bond motifs is 1. The molecule has 0 aromatic heterocycles. The molecule has 4 rings (SSSR count). The van der Waals surface area contributed by atoms with Crippen molar-refractivity contribution in [2.45, 2.75) is 9.79 Å². The summed E-state index contributed by atoms with van der Waals surface area (Å²) in [6.07, 6.45) is 0. The normalized spacial score (nSPS) is 12.6. The summed E-state index contributed by atoms with van der Waals surface area (Å²) in [5, 5.41) is 27.2. The summed E-state index contributed by atoms with van der Waals surface area (Å²) in [7, 11) is -8.91. The van der Waals surface area contributed by atoms with Gasteiger partial charge in [-0.3, -0.25) is 4.55 Å². The molecule has 0 amide bonds. The Labute approximate surface area is 201 Å². The molecule has 0 saturated carbocycles. The van der Waals surface area contributed by atoms with E-state index in [-0.39, 0.29) is 22.7 Å². The van der Waals surface area contributed by atoms with Crippen molar-refractivity contribution in [2.75, 3.05) is 0 Å². The van der Waals surface area contributed by atoms with Gasteiger partial charge in [-0.05, 0) is 72.1 Å². The molecule has 0 heterocycles. The van der Waals surface area contributed by atoms with Crippen molar-refractivity contribution in [2.24, 2.45) is 20.5 Å². The Kier molecular flexibility index (Phi) is 6.41. The highest BCUT2D eigenvalue weighted by Gasteiger charge is 2.13. The van der Waals surface area contributed by atoms with Crippen LogP contribution in [-0.2, 0) is 20.2 Å². The average Bonchev–Trinajstić information content (AvgIpc) is 2.81. The molecule has 0 aliphatic rings. The third-order valence-corrected chi connectivity index (χ3v) is 6.46. The molecule has 4 aromatic carbocycles. The van der Waals surface area contributed by atoms with Gasteiger partial charge in [-0.15, -0.1) is 5.11 Å². The lowest BCUT2D eigenvalue weighted by atomic mass is 10.1. The molecule has 0 spiro atoms. The largest absolute Gasteiger partial charge is 0.744 e. The molecule has 180 valence electrons. The van der Waals surface area contributed by atoms with Gasteiger partial charge in [-0.25, -0.2) is 8.42 Å². The summed E-state index contributed by atoms with van der Waals surface area (Å²) in [5.74, 6) is -0.165. The van der Waals surface area contributed by atoms with E-state index in [2.05, 4.69) is 20.5 Å². The fraction of sp³-hybridized carbons (Fsp3) is 0. The Hall–Kier alpha value is -4.04. The van der Waals surface area contributed by atoms with Crippen LogP contribution >= 0.6 is 0 Å². The first kappa shape index (κ1) is 24.1. The zero-order chi connectivity index (χ0) is 25.2. The molecule has 2 N–H and O–H groups in total. The van der Waals surface area contributed by atoms with Crippen molar-refractivity contribution in [1.29, 1.82) is 0 Å². The van der Waals surface area contributed by atoms with Gasteiger partial charge in [0.15, 0.2) is 0 Å². The molecule has 0 unspecified atom stereocenters. The number of phenols is 1. The maximum absolute atomic E-state index is 11.4. The first-order valence-electron chi connectivity index (χ1n) is 9.73. The average molecular weight is 514 g/mol. The third kappa shape index (κ3) is 5.73. The standard InChI is InChI=1S/C22H16N4O7S2.H2/c27-21-12-1-14-13-19(35(31,32)33)10-11-20(14)22(21)26-25-16-4-2-15(3-5-16)23-24-17-6-8-18(9-7-17)34(28,29)30;/h1-13,27H,(H,28,29,30)(H,31,32,33);1H/p-1. The van der Waals surface area contributed by atoms with E-state index in [0.29, 0.717) is 27.8 Å². The van der Waals surface area contributed by atoms with E-state index in [1.54, 1.807) is 24.3 Å². The Morgan fingerprint density at radius 2 is 1.14 bits per heavy atom. The van der Waals surface area contributed by atoms with Crippen molar-refractivity contribution >= 4 is 53.8 Å². The molecule has 4 aromatic rings. The first-order valence-corrected chi connectivity index (χ1v) is 12.6. The summed E-state index contributed by atoms with van der Waals surface area (Å²) in [6, 6.07) is 18.1. The zero-order valence-corrected chi connectivity index (χ0v) is 19.2. The fourth-order valence-corrected chi connectivity index (χ4v) is 4.02. The van der Waals surface area contributed by atoms with E-state index in [0.717, 1.165) is 12.1 Å². The maximum Gasteiger partial charge on any atom is 0.294 e. The van der Waals surface area contributed by atoms with Crippen molar-refractivity contribution in [3.8, 4) is 5.75 Å². The Bertz CT molecular complexity index is 1690. The smallest absolute Gasteiger partial charge is 0.294 e. The van der Waals surface area contributed by atoms with E-state index >= 15 is 0 Å². The summed E-state index contributed by atoms with van der Waals surface area (Å²) < 4.78 is 64.8. The van der Waals surface area contributed by atoms with Crippen molar-refractivity contribution < 1.29 is 32.5 Å². The van der Waals surface area contributed by atoms with Crippen molar-refractivity contribution in [1.82, 2.24) is 0 Å². The SMILES string of the molecule is O=S(=O)([O-])c1ccc(N=Nc2ccc(N=Nc3c(O)ccc4cc(S(=O)(=O)O)ccc34)cc2)cc1.[HH]. The van der Waals surface area contributed by atoms with Gasteiger partial charge in [0.25, 0.3) is 10.1 Å². The lowest BCUT2D eigenvalue weighted by molar-refractivity contribution is 0.463. The predicted octanol–water partition coefficient (Wildman–Crippen LogP) is 5.77. The lowest BCUT2D eigenvalue weighted by Gasteiger charge is -2.06. The van der Waals surface area contributed by atoms with Crippen LogP contribution in [0.1, 0.15) is 1.43 Å². The maximum atomic E-state index is 11.4. The quantitative estimate of drug-likeness (QED) is 0.242. The molecule has 0 aliphatic heterocycles. The zero-order valence-electron chi connectivity index (χ0n) is 17.5. The number of nitrogens with zero attached hydrogens (tertiary/aromatic N) is 4. The number of rotatable bonds is 6. The Morgan fingerprint density at radius 1 is 0.657 bits per heavy atom. The molecule has 0 bridgehead atoms. The first-order chi connectivity index (χ1) is 16.5. The highest BCUT2D eigenvalue weighted by Crippen LogP contribution is 2.37. The topological polar surface area (TPSA) is 181 Å². The Morgan fingerprint density at radius 3 is 1.66 bits per heavy atom. The molecule has 13 heteroatoms. The Balaban J connectivity index is 0.00000361. The molecule has 0 radical (unpaired) electrons. The van der Waals surface area contributed by atoms with Gasteiger partial charge < -0.3 is 9.66 Å². The van der Waals surface area contributed by atoms with Crippen LogP contribution in [0.4, 0.5) is 22.7 Å². The van der Waals surface area contributed by atoms with Gasteiger partial charge in [0.1, 0.15) is 21.6 Å². The lowest BCUT2D eigenvalue weighted by Crippen LogP contribution is -1.97. The predicted molar refractivity (Wildman–Crippen MR) is 127 cm³/mol. The molecule has 0 saturated heterocycles. The van der Waals surface area contributed by atoms with E-state index < -0.39 is 20.2 Å². The van der Waals surface area contributed by atoms with Gasteiger partial charge in [-0.1, -0.05) is 12.1 Å². The van der Waals surface area contributed by atoms with Crippen LogP contribution in [0.5, 0.6) is 5.75 Å². The monoisotopic (exact) mass is 513 g/mol. The van der Waals surface area contributed by atoms with E-state index in [4.69, 9.17) is 0 Å². The van der Waals surface area contributed by atoms with E-state index in [9.17, 15) is 31.0 Å². The molecular formula is C22H17N4O7S2-. The summed E-state index contributed by atoms with van der Waals surface area (Å²) >= 11 is 0. The second-order valence-corrected chi connectivity index (χ2v) is 9.96.